The molecule has 0 aromatic heterocycles. The van der Waals surface area contributed by atoms with Crippen molar-refractivity contribution in [2.24, 2.45) is 5.73 Å². The van der Waals surface area contributed by atoms with Crippen molar-refractivity contribution in [3.63, 3.8) is 0 Å². The van der Waals surface area contributed by atoms with Crippen molar-refractivity contribution in [1.29, 1.82) is 0 Å². The number of sulfone groups is 1. The number of carbonyl (C=O) groups excluding carboxylic acids is 1. The van der Waals surface area contributed by atoms with Gasteiger partial charge < -0.3 is 15.8 Å². The van der Waals surface area contributed by atoms with Gasteiger partial charge in [0.25, 0.3) is 0 Å². The first-order valence-corrected chi connectivity index (χ1v) is 9.60. The van der Waals surface area contributed by atoms with Crippen molar-refractivity contribution in [1.82, 2.24) is 5.32 Å². The van der Waals surface area contributed by atoms with Crippen molar-refractivity contribution >= 4 is 39.8 Å². The number of nitrogens with one attached hydrogen (secondary N) is 1. The number of ether oxygens (including phenoxy) is 1. The van der Waals surface area contributed by atoms with Crippen LogP contribution in [0.25, 0.3) is 0 Å². The van der Waals surface area contributed by atoms with Crippen molar-refractivity contribution in [3.8, 4) is 0 Å². The third kappa shape index (κ3) is 7.81. The first-order chi connectivity index (χ1) is 10.6. The molecule has 1 aromatic carbocycles. The molecule has 0 saturated heterocycles. The largest absolute Gasteiger partial charge is 0.375 e. The summed E-state index contributed by atoms with van der Waals surface area (Å²) in [6.07, 6.45) is 0.830. The van der Waals surface area contributed by atoms with Crippen molar-refractivity contribution in [3.05, 3.63) is 34.9 Å². The van der Waals surface area contributed by atoms with E-state index < -0.39 is 21.8 Å². The standard InChI is InChI=1S/C15H23ClN2O4S.ClH/c1-10(14(22-2)11-4-6-12(16)7-5-11)18-15(19)13(17)8-9-23(3,20)21;/h4-7,10,13-14H,8-9,17H2,1-3H3,(H,18,19);1H. The molecule has 1 rings (SSSR count). The third-order valence-electron chi connectivity index (χ3n) is 3.41. The Morgan fingerprint density at radius 3 is 2.33 bits per heavy atom. The zero-order chi connectivity index (χ0) is 17.6. The van der Waals surface area contributed by atoms with Crippen LogP contribution < -0.4 is 11.1 Å². The first kappa shape index (κ1) is 23.1. The summed E-state index contributed by atoms with van der Waals surface area (Å²) in [4.78, 5) is 12.1. The zero-order valence-corrected chi connectivity index (χ0v) is 16.2. The van der Waals surface area contributed by atoms with Gasteiger partial charge in [-0.15, -0.1) is 12.4 Å². The number of rotatable bonds is 8. The Hall–Kier alpha value is -0.860. The normalized spacial score (nSPS) is 15.0. The summed E-state index contributed by atoms with van der Waals surface area (Å²) in [6, 6.07) is 5.92. The molecule has 3 N–H and O–H groups in total. The molecule has 1 amide bonds. The number of benzene rings is 1. The topological polar surface area (TPSA) is 98.5 Å². The van der Waals surface area contributed by atoms with Gasteiger partial charge in [-0.25, -0.2) is 8.42 Å². The molecule has 0 saturated carbocycles. The predicted octanol–water partition coefficient (Wildman–Crippen LogP) is 1.72. The summed E-state index contributed by atoms with van der Waals surface area (Å²) < 4.78 is 27.7. The maximum atomic E-state index is 12.1. The average Bonchev–Trinajstić information content (AvgIpc) is 2.46. The number of hydrogen-bond acceptors (Lipinski definition) is 5. The predicted molar refractivity (Wildman–Crippen MR) is 98.4 cm³/mol. The van der Waals surface area contributed by atoms with E-state index in [1.807, 2.05) is 12.1 Å². The van der Waals surface area contributed by atoms with Crippen LogP contribution >= 0.6 is 24.0 Å². The van der Waals surface area contributed by atoms with E-state index in [0.717, 1.165) is 11.8 Å². The number of halogens is 2. The molecule has 1 aromatic rings. The van der Waals surface area contributed by atoms with Gasteiger partial charge in [0.15, 0.2) is 0 Å². The van der Waals surface area contributed by atoms with E-state index in [2.05, 4.69) is 5.32 Å². The lowest BCUT2D eigenvalue weighted by Gasteiger charge is -2.25. The Bertz CT molecular complexity index is 623. The molecule has 0 spiro atoms. The van der Waals surface area contributed by atoms with Crippen LogP contribution in [0.3, 0.4) is 0 Å². The molecule has 9 heteroatoms. The van der Waals surface area contributed by atoms with Crippen LogP contribution in [0.5, 0.6) is 0 Å². The fraction of sp³-hybridized carbons (Fsp3) is 0.533. The van der Waals surface area contributed by atoms with Crippen LogP contribution in [0, 0.1) is 0 Å². The van der Waals surface area contributed by atoms with Gasteiger partial charge in [-0.05, 0) is 31.0 Å². The van der Waals surface area contributed by atoms with E-state index in [1.165, 1.54) is 0 Å². The van der Waals surface area contributed by atoms with Gasteiger partial charge in [-0.3, -0.25) is 4.79 Å². The Kier molecular flexibility index (Phi) is 9.84. The fourth-order valence-electron chi connectivity index (χ4n) is 2.16. The molecule has 3 unspecified atom stereocenters. The molecule has 0 radical (unpaired) electrons. The Labute approximate surface area is 154 Å². The molecule has 0 bridgehead atoms. The molecule has 0 aliphatic heterocycles. The summed E-state index contributed by atoms with van der Waals surface area (Å²) in [5.74, 6) is -0.530. The van der Waals surface area contributed by atoms with E-state index in [4.69, 9.17) is 22.1 Å². The Morgan fingerprint density at radius 1 is 1.33 bits per heavy atom. The van der Waals surface area contributed by atoms with Crippen LogP contribution in [-0.2, 0) is 19.4 Å². The molecule has 3 atom stereocenters. The van der Waals surface area contributed by atoms with E-state index in [1.54, 1.807) is 26.2 Å². The van der Waals surface area contributed by atoms with Crippen LogP contribution in [0.4, 0.5) is 0 Å². The summed E-state index contributed by atoms with van der Waals surface area (Å²) in [5.41, 5.74) is 6.61. The summed E-state index contributed by atoms with van der Waals surface area (Å²) in [6.45, 7) is 1.80. The Balaban J connectivity index is 0.00000529. The number of amides is 1. The summed E-state index contributed by atoms with van der Waals surface area (Å²) in [5, 5.41) is 3.38. The Morgan fingerprint density at radius 2 is 1.88 bits per heavy atom. The van der Waals surface area contributed by atoms with Gasteiger partial charge in [-0.2, -0.15) is 0 Å². The lowest BCUT2D eigenvalue weighted by atomic mass is 10.0. The lowest BCUT2D eigenvalue weighted by molar-refractivity contribution is -0.124. The smallest absolute Gasteiger partial charge is 0.237 e. The van der Waals surface area contributed by atoms with Crippen molar-refractivity contribution in [2.75, 3.05) is 19.1 Å². The maximum Gasteiger partial charge on any atom is 0.237 e. The highest BCUT2D eigenvalue weighted by Gasteiger charge is 2.23. The SMILES string of the molecule is COC(c1ccc(Cl)cc1)C(C)NC(=O)C(N)CCS(C)(=O)=O.Cl. The quantitative estimate of drug-likeness (QED) is 0.694. The third-order valence-corrected chi connectivity index (χ3v) is 4.64. The van der Waals surface area contributed by atoms with Gasteiger partial charge in [0.1, 0.15) is 15.9 Å². The number of nitrogens with two attached hydrogens (primary N) is 1. The highest BCUT2D eigenvalue weighted by molar-refractivity contribution is 7.90. The van der Waals surface area contributed by atoms with Crippen LogP contribution in [-0.4, -0.2) is 45.5 Å². The second-order valence-electron chi connectivity index (χ2n) is 5.53. The minimum atomic E-state index is -3.15. The van der Waals surface area contributed by atoms with Gasteiger partial charge in [0.2, 0.25) is 5.91 Å². The highest BCUT2D eigenvalue weighted by Crippen LogP contribution is 2.22. The molecular formula is C15H24Cl2N2O4S. The van der Waals surface area contributed by atoms with E-state index >= 15 is 0 Å². The average molecular weight is 399 g/mol. The molecule has 6 nitrogen and oxygen atoms in total. The molecule has 0 fully saturated rings. The van der Waals surface area contributed by atoms with Crippen LogP contribution in [0.1, 0.15) is 25.0 Å². The molecule has 0 heterocycles. The van der Waals surface area contributed by atoms with Gasteiger partial charge in [0, 0.05) is 18.4 Å². The van der Waals surface area contributed by atoms with E-state index in [9.17, 15) is 13.2 Å². The molecule has 0 aliphatic carbocycles. The number of carbonyl (C=O) groups is 1. The highest BCUT2D eigenvalue weighted by atomic mass is 35.5. The molecule has 138 valence electrons. The molecule has 0 aliphatic rings. The molecular weight excluding hydrogens is 375 g/mol. The first-order valence-electron chi connectivity index (χ1n) is 7.16. The van der Waals surface area contributed by atoms with Crippen molar-refractivity contribution in [2.45, 2.75) is 31.5 Å². The van der Waals surface area contributed by atoms with Gasteiger partial charge >= 0.3 is 0 Å². The number of hydrogen-bond donors (Lipinski definition) is 2. The van der Waals surface area contributed by atoms with Crippen molar-refractivity contribution < 1.29 is 17.9 Å². The summed E-state index contributed by atoms with van der Waals surface area (Å²) >= 11 is 5.86. The monoisotopic (exact) mass is 398 g/mol. The van der Waals surface area contributed by atoms with Gasteiger partial charge in [-0.1, -0.05) is 23.7 Å². The fourth-order valence-corrected chi connectivity index (χ4v) is 2.97. The second-order valence-corrected chi connectivity index (χ2v) is 8.23. The molecule has 24 heavy (non-hydrogen) atoms. The second kappa shape index (κ2) is 10.2. The van der Waals surface area contributed by atoms with Crippen LogP contribution in [0.2, 0.25) is 5.02 Å². The minimum Gasteiger partial charge on any atom is -0.375 e. The number of methoxy groups -OCH3 is 1. The minimum absolute atomic E-state index is 0. The lowest BCUT2D eigenvalue weighted by Crippen LogP contribution is -2.47. The zero-order valence-electron chi connectivity index (χ0n) is 13.9. The van der Waals surface area contributed by atoms with E-state index in [-0.39, 0.29) is 36.7 Å². The van der Waals surface area contributed by atoms with Crippen LogP contribution in [0.15, 0.2) is 24.3 Å². The van der Waals surface area contributed by atoms with Gasteiger partial charge in [0.05, 0.1) is 17.8 Å². The van der Waals surface area contributed by atoms with E-state index in [0.29, 0.717) is 5.02 Å². The maximum absolute atomic E-state index is 12.1. The summed E-state index contributed by atoms with van der Waals surface area (Å²) in [7, 11) is -1.60.